The number of carboxylic acid groups (broad SMARTS) is 1. The fourth-order valence-corrected chi connectivity index (χ4v) is 4.01. The first-order valence-electron chi connectivity index (χ1n) is 9.02. The maximum atomic E-state index is 12.4. The Kier molecular flexibility index (Phi) is 4.45. The molecular weight excluding hydrogens is 350 g/mol. The van der Waals surface area contributed by atoms with E-state index >= 15 is 0 Å². The lowest BCUT2D eigenvalue weighted by Gasteiger charge is -2.25. The third kappa shape index (κ3) is 3.11. The van der Waals surface area contributed by atoms with E-state index in [0.29, 0.717) is 6.54 Å². The number of aldehydes is 1. The van der Waals surface area contributed by atoms with Crippen LogP contribution in [0.1, 0.15) is 24.8 Å². The molecule has 142 valence electrons. The highest BCUT2D eigenvalue weighted by Gasteiger charge is 2.53. The topological polar surface area (TPSA) is 112 Å². The number of fused-ring (bicyclic) bond motifs is 1. The van der Waals surface area contributed by atoms with Gasteiger partial charge in [-0.1, -0.05) is 18.2 Å². The first kappa shape index (κ1) is 17.7. The Hall–Kier alpha value is -2.71. The van der Waals surface area contributed by atoms with E-state index < -0.39 is 23.6 Å². The van der Waals surface area contributed by atoms with Gasteiger partial charge < -0.3 is 19.6 Å². The molecule has 2 aromatic rings. The van der Waals surface area contributed by atoms with Crippen LogP contribution in [-0.2, 0) is 25.5 Å². The van der Waals surface area contributed by atoms with Crippen LogP contribution in [0.3, 0.4) is 0 Å². The Labute approximate surface area is 155 Å². The van der Waals surface area contributed by atoms with Gasteiger partial charge in [0.05, 0.1) is 6.04 Å². The summed E-state index contributed by atoms with van der Waals surface area (Å²) >= 11 is 0. The van der Waals surface area contributed by atoms with Crippen molar-refractivity contribution >= 4 is 29.1 Å². The molecule has 3 N–H and O–H groups in total. The van der Waals surface area contributed by atoms with Crippen LogP contribution < -0.4 is 5.43 Å². The van der Waals surface area contributed by atoms with Gasteiger partial charge in [-0.05, 0) is 24.5 Å². The molecule has 0 spiro atoms. The molecule has 2 saturated heterocycles. The number of carbonyl (C=O) groups is 3. The van der Waals surface area contributed by atoms with Crippen molar-refractivity contribution < 1.29 is 24.2 Å². The molecular formula is C19H21N3O5. The summed E-state index contributed by atoms with van der Waals surface area (Å²) in [6, 6.07) is 6.50. The van der Waals surface area contributed by atoms with E-state index in [1.165, 1.54) is 0 Å². The second kappa shape index (κ2) is 6.79. The van der Waals surface area contributed by atoms with Crippen LogP contribution in [-0.4, -0.2) is 57.6 Å². The molecule has 2 aliphatic rings. The summed E-state index contributed by atoms with van der Waals surface area (Å²) in [5.74, 6) is -1.77. The molecule has 0 aliphatic carbocycles. The van der Waals surface area contributed by atoms with Gasteiger partial charge in [-0.25, -0.2) is 15.2 Å². The number of hydrogen-bond donors (Lipinski definition) is 3. The molecule has 2 fully saturated rings. The molecule has 0 bridgehead atoms. The number of cyclic esters (lactones) is 1. The van der Waals surface area contributed by atoms with Gasteiger partial charge in [-0.3, -0.25) is 4.79 Å². The summed E-state index contributed by atoms with van der Waals surface area (Å²) in [6.45, 7) is 0.635. The van der Waals surface area contributed by atoms with Crippen LogP contribution in [0.5, 0.6) is 0 Å². The molecule has 3 atom stereocenters. The lowest BCUT2D eigenvalue weighted by molar-refractivity contribution is -0.169. The highest BCUT2D eigenvalue weighted by Crippen LogP contribution is 2.34. The SMILES string of the molecule is O=C[C@@H]1CCCN1N[C@H]1C[C@@](Cc2c[nH]c3ccccc23)(C(=O)O)OC1=O. The van der Waals surface area contributed by atoms with Crippen molar-refractivity contribution in [2.75, 3.05) is 6.54 Å². The average Bonchev–Trinajstić information content (AvgIpc) is 3.35. The third-order valence-electron chi connectivity index (χ3n) is 5.43. The minimum Gasteiger partial charge on any atom is -0.478 e. The smallest absolute Gasteiger partial charge is 0.348 e. The Bertz CT molecular complexity index is 894. The van der Waals surface area contributed by atoms with Crippen molar-refractivity contribution in [3.63, 3.8) is 0 Å². The molecule has 3 heterocycles. The first-order valence-corrected chi connectivity index (χ1v) is 9.02. The fourth-order valence-electron chi connectivity index (χ4n) is 4.01. The maximum absolute atomic E-state index is 12.4. The van der Waals surface area contributed by atoms with Crippen molar-refractivity contribution in [1.82, 2.24) is 15.4 Å². The van der Waals surface area contributed by atoms with Crippen LogP contribution >= 0.6 is 0 Å². The predicted molar refractivity (Wildman–Crippen MR) is 95.8 cm³/mol. The summed E-state index contributed by atoms with van der Waals surface area (Å²) < 4.78 is 5.39. The number of para-hydroxylation sites is 1. The molecule has 4 rings (SSSR count). The molecule has 8 heteroatoms. The second-order valence-corrected chi connectivity index (χ2v) is 7.18. The Morgan fingerprint density at radius 2 is 2.26 bits per heavy atom. The fraction of sp³-hybridized carbons (Fsp3) is 0.421. The maximum Gasteiger partial charge on any atom is 0.348 e. The molecule has 27 heavy (non-hydrogen) atoms. The van der Waals surface area contributed by atoms with Crippen molar-refractivity contribution in [2.45, 2.75) is 43.4 Å². The van der Waals surface area contributed by atoms with Crippen LogP contribution in [0.4, 0.5) is 0 Å². The van der Waals surface area contributed by atoms with E-state index in [-0.39, 0.29) is 18.9 Å². The Morgan fingerprint density at radius 1 is 1.44 bits per heavy atom. The zero-order valence-corrected chi connectivity index (χ0v) is 14.7. The number of ether oxygens (including phenoxy) is 1. The minimum atomic E-state index is -1.63. The molecule has 0 saturated carbocycles. The zero-order valence-electron chi connectivity index (χ0n) is 14.7. The predicted octanol–water partition coefficient (Wildman–Crippen LogP) is 1.02. The van der Waals surface area contributed by atoms with Gasteiger partial charge in [0, 0.05) is 36.5 Å². The highest BCUT2D eigenvalue weighted by molar-refractivity contribution is 5.90. The van der Waals surface area contributed by atoms with E-state index in [0.717, 1.165) is 35.6 Å². The molecule has 1 aromatic heterocycles. The number of aromatic amines is 1. The first-order chi connectivity index (χ1) is 13.0. The minimum absolute atomic E-state index is 0.00273. The Balaban J connectivity index is 1.56. The van der Waals surface area contributed by atoms with Gasteiger partial charge in [-0.2, -0.15) is 0 Å². The number of hydrogen-bond acceptors (Lipinski definition) is 6. The van der Waals surface area contributed by atoms with Crippen molar-refractivity contribution in [3.8, 4) is 0 Å². The number of H-pyrrole nitrogens is 1. The van der Waals surface area contributed by atoms with E-state index in [9.17, 15) is 19.5 Å². The largest absolute Gasteiger partial charge is 0.478 e. The third-order valence-corrected chi connectivity index (χ3v) is 5.43. The second-order valence-electron chi connectivity index (χ2n) is 7.18. The van der Waals surface area contributed by atoms with Crippen LogP contribution in [0.25, 0.3) is 10.9 Å². The number of hydrazine groups is 1. The van der Waals surface area contributed by atoms with Crippen LogP contribution in [0.2, 0.25) is 0 Å². The number of carboxylic acids is 1. The Morgan fingerprint density at radius 3 is 3.04 bits per heavy atom. The van der Waals surface area contributed by atoms with Gasteiger partial charge in [0.2, 0.25) is 5.60 Å². The number of aliphatic carboxylic acids is 1. The lowest BCUT2D eigenvalue weighted by atomic mass is 9.90. The van der Waals surface area contributed by atoms with Gasteiger partial charge in [0.25, 0.3) is 0 Å². The highest BCUT2D eigenvalue weighted by atomic mass is 16.6. The molecule has 0 unspecified atom stereocenters. The van der Waals surface area contributed by atoms with Crippen LogP contribution in [0, 0.1) is 0 Å². The molecule has 1 aromatic carbocycles. The quantitative estimate of drug-likeness (QED) is 0.513. The number of rotatable bonds is 6. The van der Waals surface area contributed by atoms with E-state index in [4.69, 9.17) is 4.74 Å². The van der Waals surface area contributed by atoms with Crippen molar-refractivity contribution in [3.05, 3.63) is 36.0 Å². The summed E-state index contributed by atoms with van der Waals surface area (Å²) in [6.07, 6.45) is 4.24. The molecule has 0 amide bonds. The van der Waals surface area contributed by atoms with E-state index in [2.05, 4.69) is 10.4 Å². The van der Waals surface area contributed by atoms with Gasteiger partial charge in [0.15, 0.2) is 0 Å². The summed E-state index contributed by atoms with van der Waals surface area (Å²) in [4.78, 5) is 38.7. The zero-order chi connectivity index (χ0) is 19.0. The lowest BCUT2D eigenvalue weighted by Crippen LogP contribution is -2.50. The van der Waals surface area contributed by atoms with Crippen LogP contribution in [0.15, 0.2) is 30.5 Å². The van der Waals surface area contributed by atoms with Crippen molar-refractivity contribution in [1.29, 1.82) is 0 Å². The number of benzene rings is 1. The van der Waals surface area contributed by atoms with E-state index in [1.54, 1.807) is 11.2 Å². The molecule has 2 aliphatic heterocycles. The number of nitrogens with one attached hydrogen (secondary N) is 2. The number of nitrogens with zero attached hydrogens (tertiary/aromatic N) is 1. The summed E-state index contributed by atoms with van der Waals surface area (Å²) in [5, 5.41) is 12.5. The van der Waals surface area contributed by atoms with Gasteiger partial charge in [-0.15, -0.1) is 0 Å². The average molecular weight is 371 g/mol. The van der Waals surface area contributed by atoms with Gasteiger partial charge >= 0.3 is 11.9 Å². The van der Waals surface area contributed by atoms with Crippen molar-refractivity contribution in [2.24, 2.45) is 0 Å². The summed E-state index contributed by atoms with van der Waals surface area (Å²) in [5.41, 5.74) is 3.07. The number of carbonyl (C=O) groups excluding carboxylic acids is 2. The number of aromatic nitrogens is 1. The normalized spacial score (nSPS) is 28.5. The number of esters is 1. The monoisotopic (exact) mass is 371 g/mol. The standard InChI is InChI=1S/C19H21N3O5/c23-11-13-4-3-7-22(13)21-16-9-19(18(25)26,27-17(16)24)8-12-10-20-15-6-2-1-5-14(12)15/h1-2,5-6,10-11,13,16,20-21H,3-4,7-9H2,(H,25,26)/t13-,16-,19-/m0/s1. The van der Waals surface area contributed by atoms with Gasteiger partial charge in [0.1, 0.15) is 12.3 Å². The molecule has 8 nitrogen and oxygen atoms in total. The van der Waals surface area contributed by atoms with E-state index in [1.807, 2.05) is 24.3 Å². The summed E-state index contributed by atoms with van der Waals surface area (Å²) in [7, 11) is 0. The molecule has 0 radical (unpaired) electrons.